The van der Waals surface area contributed by atoms with Crippen molar-refractivity contribution in [3.8, 4) is 0 Å². The molecular weight excluding hydrogens is 382 g/mol. The van der Waals surface area contributed by atoms with Gasteiger partial charge in [-0.05, 0) is 30.0 Å². The first-order valence-corrected chi connectivity index (χ1v) is 10.0. The zero-order chi connectivity index (χ0) is 21.3. The smallest absolute Gasteiger partial charge is 0.359 e. The van der Waals surface area contributed by atoms with E-state index in [1.165, 1.54) is 4.68 Å². The summed E-state index contributed by atoms with van der Waals surface area (Å²) in [5.41, 5.74) is 1.75. The Morgan fingerprint density at radius 2 is 1.77 bits per heavy atom. The van der Waals surface area contributed by atoms with Gasteiger partial charge in [-0.2, -0.15) is 5.10 Å². The van der Waals surface area contributed by atoms with Gasteiger partial charge in [0.2, 0.25) is 0 Å². The van der Waals surface area contributed by atoms with Gasteiger partial charge < -0.3 is 9.64 Å². The van der Waals surface area contributed by atoms with Gasteiger partial charge in [0.05, 0.1) is 5.39 Å². The van der Waals surface area contributed by atoms with Gasteiger partial charge >= 0.3 is 5.97 Å². The maximum atomic E-state index is 12.8. The number of carbonyl (C=O) groups is 2. The number of carbonyl (C=O) groups excluding carboxylic acids is 2. The highest BCUT2D eigenvalue weighted by molar-refractivity contribution is 6.03. The molecule has 0 fully saturated rings. The highest BCUT2D eigenvalue weighted by Crippen LogP contribution is 2.27. The molecule has 0 spiro atoms. The van der Waals surface area contributed by atoms with Crippen molar-refractivity contribution >= 4 is 28.3 Å². The SMILES string of the molecule is CC(C)Cn1nc(C(=O)OCC(=O)N2CCc3ccccc32)c2ccccc2c1=O. The summed E-state index contributed by atoms with van der Waals surface area (Å²) in [6, 6.07) is 14.5. The average Bonchev–Trinajstić information content (AvgIpc) is 3.18. The highest BCUT2D eigenvalue weighted by atomic mass is 16.5. The van der Waals surface area contributed by atoms with E-state index < -0.39 is 5.97 Å². The Morgan fingerprint density at radius 3 is 2.53 bits per heavy atom. The van der Waals surface area contributed by atoms with Crippen LogP contribution in [-0.2, 0) is 22.5 Å². The van der Waals surface area contributed by atoms with Crippen LogP contribution in [0.1, 0.15) is 29.9 Å². The largest absolute Gasteiger partial charge is 0.451 e. The molecule has 0 atom stereocenters. The Morgan fingerprint density at radius 1 is 1.07 bits per heavy atom. The minimum absolute atomic E-state index is 0.0421. The number of nitrogens with zero attached hydrogens (tertiary/aromatic N) is 3. The number of esters is 1. The van der Waals surface area contributed by atoms with Crippen molar-refractivity contribution in [2.75, 3.05) is 18.1 Å². The molecule has 30 heavy (non-hydrogen) atoms. The zero-order valence-electron chi connectivity index (χ0n) is 17.0. The van der Waals surface area contributed by atoms with Gasteiger partial charge in [-0.15, -0.1) is 0 Å². The number of para-hydroxylation sites is 1. The summed E-state index contributed by atoms with van der Waals surface area (Å²) in [7, 11) is 0. The predicted octanol–water partition coefficient (Wildman–Crippen LogP) is 2.80. The third-order valence-corrected chi connectivity index (χ3v) is 5.11. The number of hydrogen-bond donors (Lipinski definition) is 0. The molecule has 0 aliphatic carbocycles. The number of anilines is 1. The molecule has 7 nitrogen and oxygen atoms in total. The molecule has 2 heterocycles. The summed E-state index contributed by atoms with van der Waals surface area (Å²) in [4.78, 5) is 39.8. The van der Waals surface area contributed by atoms with Crippen LogP contribution in [0, 0.1) is 5.92 Å². The summed E-state index contributed by atoms with van der Waals surface area (Å²) >= 11 is 0. The molecule has 7 heteroatoms. The predicted molar refractivity (Wildman–Crippen MR) is 114 cm³/mol. The average molecular weight is 405 g/mol. The van der Waals surface area contributed by atoms with Crippen LogP contribution in [-0.4, -0.2) is 34.8 Å². The molecule has 154 valence electrons. The van der Waals surface area contributed by atoms with Gasteiger partial charge in [-0.1, -0.05) is 50.2 Å². The van der Waals surface area contributed by atoms with Crippen LogP contribution in [0.2, 0.25) is 0 Å². The molecule has 0 unspecified atom stereocenters. The Kier molecular flexibility index (Phi) is 5.35. The molecule has 0 radical (unpaired) electrons. The van der Waals surface area contributed by atoms with Crippen LogP contribution < -0.4 is 10.5 Å². The molecule has 2 aromatic carbocycles. The second-order valence-electron chi connectivity index (χ2n) is 7.78. The lowest BCUT2D eigenvalue weighted by molar-refractivity contribution is -0.121. The molecular formula is C23H23N3O4. The second-order valence-corrected chi connectivity index (χ2v) is 7.78. The lowest BCUT2D eigenvalue weighted by Crippen LogP contribution is -2.34. The monoisotopic (exact) mass is 405 g/mol. The summed E-state index contributed by atoms with van der Waals surface area (Å²) in [6.45, 7) is 4.50. The van der Waals surface area contributed by atoms with Crippen LogP contribution >= 0.6 is 0 Å². The molecule has 4 rings (SSSR count). The zero-order valence-corrected chi connectivity index (χ0v) is 17.0. The molecule has 1 aliphatic heterocycles. The number of aromatic nitrogens is 2. The Balaban J connectivity index is 1.57. The topological polar surface area (TPSA) is 81.5 Å². The van der Waals surface area contributed by atoms with Crippen LogP contribution in [0.4, 0.5) is 5.69 Å². The number of amides is 1. The fourth-order valence-electron chi connectivity index (χ4n) is 3.73. The Hall–Kier alpha value is -3.48. The maximum Gasteiger partial charge on any atom is 0.359 e. The number of fused-ring (bicyclic) bond motifs is 2. The molecule has 0 saturated heterocycles. The molecule has 0 saturated carbocycles. The fourth-order valence-corrected chi connectivity index (χ4v) is 3.73. The van der Waals surface area contributed by atoms with Gasteiger partial charge in [0.25, 0.3) is 11.5 Å². The van der Waals surface area contributed by atoms with Crippen molar-refractivity contribution in [3.05, 3.63) is 70.1 Å². The highest BCUT2D eigenvalue weighted by Gasteiger charge is 2.26. The van der Waals surface area contributed by atoms with Crippen molar-refractivity contribution < 1.29 is 14.3 Å². The van der Waals surface area contributed by atoms with Crippen molar-refractivity contribution in [2.45, 2.75) is 26.8 Å². The molecule has 1 amide bonds. The summed E-state index contributed by atoms with van der Waals surface area (Å²) in [5, 5.41) is 5.08. The van der Waals surface area contributed by atoms with E-state index in [1.54, 1.807) is 29.2 Å². The van der Waals surface area contributed by atoms with E-state index in [9.17, 15) is 14.4 Å². The van der Waals surface area contributed by atoms with Crippen LogP contribution in [0.25, 0.3) is 10.8 Å². The van der Waals surface area contributed by atoms with Crippen molar-refractivity contribution in [3.63, 3.8) is 0 Å². The number of hydrogen-bond acceptors (Lipinski definition) is 5. The van der Waals surface area contributed by atoms with Gasteiger partial charge in [-0.25, -0.2) is 9.48 Å². The van der Waals surface area contributed by atoms with E-state index in [4.69, 9.17) is 4.74 Å². The first-order chi connectivity index (χ1) is 14.5. The summed E-state index contributed by atoms with van der Waals surface area (Å²) in [5.74, 6) is -0.824. The van der Waals surface area contributed by atoms with Crippen LogP contribution in [0.3, 0.4) is 0 Å². The quantitative estimate of drug-likeness (QED) is 0.610. The van der Waals surface area contributed by atoms with E-state index >= 15 is 0 Å². The lowest BCUT2D eigenvalue weighted by atomic mass is 10.1. The normalized spacial score (nSPS) is 13.0. The van der Waals surface area contributed by atoms with E-state index in [1.807, 2.05) is 38.1 Å². The lowest BCUT2D eigenvalue weighted by Gasteiger charge is -2.17. The van der Waals surface area contributed by atoms with Gasteiger partial charge in [0.1, 0.15) is 0 Å². The van der Waals surface area contributed by atoms with E-state index in [2.05, 4.69) is 5.10 Å². The molecule has 0 N–H and O–H groups in total. The number of ether oxygens (including phenoxy) is 1. The first-order valence-electron chi connectivity index (χ1n) is 10.0. The molecule has 0 bridgehead atoms. The Labute approximate surface area is 173 Å². The van der Waals surface area contributed by atoms with E-state index in [-0.39, 0.29) is 29.7 Å². The first kappa shape index (κ1) is 19.8. The third-order valence-electron chi connectivity index (χ3n) is 5.11. The number of rotatable bonds is 5. The minimum atomic E-state index is -0.718. The molecule has 1 aromatic heterocycles. The van der Waals surface area contributed by atoms with Gasteiger partial charge in [0, 0.05) is 24.2 Å². The van der Waals surface area contributed by atoms with Crippen LogP contribution in [0.15, 0.2) is 53.3 Å². The summed E-state index contributed by atoms with van der Waals surface area (Å²) in [6.07, 6.45) is 0.780. The maximum absolute atomic E-state index is 12.8. The van der Waals surface area contributed by atoms with Gasteiger partial charge in [0.15, 0.2) is 12.3 Å². The molecule has 1 aliphatic rings. The number of benzene rings is 2. The van der Waals surface area contributed by atoms with E-state index in [0.717, 1.165) is 17.7 Å². The Bertz CT molecular complexity index is 1180. The van der Waals surface area contributed by atoms with Crippen LogP contribution in [0.5, 0.6) is 0 Å². The standard InChI is InChI=1S/C23H23N3O4/c1-15(2)13-26-22(28)18-9-5-4-8-17(18)21(24-26)23(29)30-14-20(27)25-12-11-16-7-3-6-10-19(16)25/h3-10,15H,11-14H2,1-2H3. The van der Waals surface area contributed by atoms with Gasteiger partial charge in [-0.3, -0.25) is 9.59 Å². The van der Waals surface area contributed by atoms with Crippen molar-refractivity contribution in [1.29, 1.82) is 0 Å². The second kappa shape index (κ2) is 8.10. The van der Waals surface area contributed by atoms with Crippen molar-refractivity contribution in [2.24, 2.45) is 5.92 Å². The van der Waals surface area contributed by atoms with Crippen molar-refractivity contribution in [1.82, 2.24) is 9.78 Å². The van der Waals surface area contributed by atoms with E-state index in [0.29, 0.717) is 23.9 Å². The third kappa shape index (κ3) is 3.70. The summed E-state index contributed by atoms with van der Waals surface area (Å²) < 4.78 is 6.61. The fraction of sp³-hybridized carbons (Fsp3) is 0.304. The minimum Gasteiger partial charge on any atom is -0.451 e. The molecule has 3 aromatic rings.